The Kier molecular flexibility index (Phi) is 8.95. The fraction of sp³-hybridized carbons (Fsp3) is 0.137. The smallest absolute Gasteiger partial charge is 0.0465 e. The minimum absolute atomic E-state index is 0.0444. The summed E-state index contributed by atoms with van der Waals surface area (Å²) in [4.78, 5) is 2.38. The van der Waals surface area contributed by atoms with Gasteiger partial charge in [0, 0.05) is 22.5 Å². The minimum atomic E-state index is -0.0444. The van der Waals surface area contributed by atoms with Crippen molar-refractivity contribution in [3.63, 3.8) is 0 Å². The van der Waals surface area contributed by atoms with Gasteiger partial charge in [-0.25, -0.2) is 0 Å². The summed E-state index contributed by atoms with van der Waals surface area (Å²) in [6, 6.07) is 59.9. The van der Waals surface area contributed by atoms with Crippen LogP contribution in [0.4, 0.5) is 17.1 Å². The van der Waals surface area contributed by atoms with Crippen LogP contribution in [0.25, 0.3) is 45.5 Å². The van der Waals surface area contributed by atoms with Gasteiger partial charge in [-0.3, -0.25) is 0 Å². The highest BCUT2D eigenvalue weighted by Gasteiger charge is 2.41. The molecule has 254 valence electrons. The Hall–Kier alpha value is -5.92. The second kappa shape index (κ2) is 14.0. The zero-order valence-electron chi connectivity index (χ0n) is 30.6. The molecule has 0 unspecified atom stereocenters. The van der Waals surface area contributed by atoms with E-state index in [1.54, 1.807) is 0 Å². The first-order chi connectivity index (χ1) is 25.5. The molecule has 1 aliphatic rings. The van der Waals surface area contributed by atoms with E-state index in [1.807, 2.05) is 0 Å². The average molecular weight is 672 g/mol. The van der Waals surface area contributed by atoms with Crippen molar-refractivity contribution in [3.05, 3.63) is 197 Å². The van der Waals surface area contributed by atoms with Crippen LogP contribution < -0.4 is 4.90 Å². The molecule has 0 radical (unpaired) electrons. The van der Waals surface area contributed by atoms with E-state index in [-0.39, 0.29) is 5.41 Å². The van der Waals surface area contributed by atoms with Gasteiger partial charge < -0.3 is 4.90 Å². The Balaban J connectivity index is 1.08. The van der Waals surface area contributed by atoms with Crippen LogP contribution in [0, 0.1) is 13.8 Å². The predicted octanol–water partition coefficient (Wildman–Crippen LogP) is 14.4. The van der Waals surface area contributed by atoms with Gasteiger partial charge in [-0.2, -0.15) is 0 Å². The van der Waals surface area contributed by atoms with Crippen LogP contribution in [0.1, 0.15) is 60.1 Å². The number of para-hydroxylation sites is 2. The zero-order chi connectivity index (χ0) is 35.7. The monoisotopic (exact) mass is 671 g/mol. The van der Waals surface area contributed by atoms with Gasteiger partial charge in [-0.1, -0.05) is 153 Å². The van der Waals surface area contributed by atoms with Crippen LogP contribution in [0.5, 0.6) is 0 Å². The van der Waals surface area contributed by atoms with E-state index in [0.717, 1.165) is 24.2 Å². The van der Waals surface area contributed by atoms with Crippen molar-refractivity contribution in [2.75, 3.05) is 4.90 Å². The number of fused-ring (bicyclic) bond motifs is 3. The van der Waals surface area contributed by atoms with Gasteiger partial charge in [0.25, 0.3) is 0 Å². The van der Waals surface area contributed by atoms with Crippen LogP contribution in [-0.4, -0.2) is 0 Å². The lowest BCUT2D eigenvalue weighted by Crippen LogP contribution is -2.23. The summed E-state index contributed by atoms with van der Waals surface area (Å²) in [5, 5.41) is 0. The summed E-state index contributed by atoms with van der Waals surface area (Å²) >= 11 is 0. The molecule has 0 atom stereocenters. The number of nitrogens with zero attached hydrogens (tertiary/aromatic N) is 1. The zero-order valence-corrected chi connectivity index (χ0v) is 30.6. The molecule has 1 heteroatoms. The molecule has 1 nitrogen and oxygen atoms in total. The first-order valence-corrected chi connectivity index (χ1v) is 18.6. The van der Waals surface area contributed by atoms with Gasteiger partial charge in [0.1, 0.15) is 0 Å². The van der Waals surface area contributed by atoms with Crippen LogP contribution >= 0.6 is 0 Å². The molecule has 0 heterocycles. The lowest BCUT2D eigenvalue weighted by molar-refractivity contribution is 0.490. The molecule has 7 aromatic carbocycles. The van der Waals surface area contributed by atoms with E-state index >= 15 is 0 Å². The van der Waals surface area contributed by atoms with Crippen molar-refractivity contribution in [3.8, 4) is 33.4 Å². The maximum atomic E-state index is 2.46. The summed E-state index contributed by atoms with van der Waals surface area (Å²) in [6.45, 7) is 9.14. The molecule has 0 N–H and O–H groups in total. The summed E-state index contributed by atoms with van der Waals surface area (Å²) in [5.41, 5.74) is 19.2. The van der Waals surface area contributed by atoms with Crippen LogP contribution in [0.3, 0.4) is 0 Å². The third-order valence-electron chi connectivity index (χ3n) is 11.2. The number of aryl methyl sites for hydroxylation is 2. The summed E-state index contributed by atoms with van der Waals surface area (Å²) in [5.74, 6) is 0. The van der Waals surface area contributed by atoms with E-state index in [0.29, 0.717) is 0 Å². The van der Waals surface area contributed by atoms with Crippen LogP contribution in [0.2, 0.25) is 0 Å². The van der Waals surface area contributed by atoms with Gasteiger partial charge in [0.05, 0.1) is 0 Å². The maximum absolute atomic E-state index is 2.46. The van der Waals surface area contributed by atoms with Crippen molar-refractivity contribution in [2.24, 2.45) is 0 Å². The molecule has 0 aliphatic heterocycles. The Morgan fingerprint density at radius 3 is 1.44 bits per heavy atom. The highest BCUT2D eigenvalue weighted by Crippen LogP contribution is 2.54. The number of benzene rings is 7. The maximum Gasteiger partial charge on any atom is 0.0465 e. The fourth-order valence-electron chi connectivity index (χ4n) is 8.38. The van der Waals surface area contributed by atoms with Gasteiger partial charge in [-0.05, 0) is 130 Å². The summed E-state index contributed by atoms with van der Waals surface area (Å²) in [6.07, 6.45) is 6.61. The molecule has 0 spiro atoms. The first kappa shape index (κ1) is 33.2. The summed E-state index contributed by atoms with van der Waals surface area (Å²) < 4.78 is 0. The summed E-state index contributed by atoms with van der Waals surface area (Å²) in [7, 11) is 0. The lowest BCUT2D eigenvalue weighted by Gasteiger charge is -2.32. The van der Waals surface area contributed by atoms with Crippen molar-refractivity contribution in [1.82, 2.24) is 0 Å². The van der Waals surface area contributed by atoms with Gasteiger partial charge >= 0.3 is 0 Å². The molecule has 1 aliphatic carbocycles. The van der Waals surface area contributed by atoms with Crippen molar-refractivity contribution >= 4 is 29.2 Å². The van der Waals surface area contributed by atoms with E-state index in [4.69, 9.17) is 0 Å². The van der Waals surface area contributed by atoms with Gasteiger partial charge in [0.15, 0.2) is 0 Å². The normalized spacial score (nSPS) is 12.8. The molecular formula is C51H45N. The second-order valence-corrected chi connectivity index (χ2v) is 14.1. The molecule has 0 bridgehead atoms. The van der Waals surface area contributed by atoms with Gasteiger partial charge in [-0.15, -0.1) is 0 Å². The van der Waals surface area contributed by atoms with E-state index in [1.165, 1.54) is 72.4 Å². The number of anilines is 3. The molecular weight excluding hydrogens is 627 g/mol. The molecule has 0 saturated heterocycles. The van der Waals surface area contributed by atoms with E-state index in [2.05, 4.69) is 209 Å². The average Bonchev–Trinajstić information content (AvgIpc) is 3.48. The van der Waals surface area contributed by atoms with E-state index in [9.17, 15) is 0 Å². The number of rotatable bonds is 9. The SMILES string of the molecule is CCC1(CC)c2cc(/C=C/c3ccc(-c4cc(C)c(-c5ccccc5)cc4C)cc3)ccc2-c2ccc(N(c3ccccc3)c3ccccc3)cc21. The first-order valence-electron chi connectivity index (χ1n) is 18.6. The highest BCUT2D eigenvalue weighted by molar-refractivity contribution is 5.87. The van der Waals surface area contributed by atoms with Crippen LogP contribution in [0.15, 0.2) is 164 Å². The Bertz CT molecular complexity index is 2320. The topological polar surface area (TPSA) is 3.24 Å². The van der Waals surface area contributed by atoms with Crippen LogP contribution in [-0.2, 0) is 5.41 Å². The standard InChI is InChI=1S/C51H45N/c1-5-51(6-2)49-34-39(23-22-38-24-27-41(28-25-38)48-33-36(3)47(32-37(48)4)40-16-10-7-11-17-40)26-30-45(49)46-31-29-44(35-50(46)51)52(42-18-12-8-13-19-42)43-20-14-9-15-21-43/h7-35H,5-6H2,1-4H3/b23-22+. The highest BCUT2D eigenvalue weighted by atomic mass is 15.1. The molecule has 8 rings (SSSR count). The minimum Gasteiger partial charge on any atom is -0.310 e. The molecule has 0 fully saturated rings. The largest absolute Gasteiger partial charge is 0.310 e. The fourth-order valence-corrected chi connectivity index (χ4v) is 8.38. The van der Waals surface area contributed by atoms with Gasteiger partial charge in [0.2, 0.25) is 0 Å². The quantitative estimate of drug-likeness (QED) is 0.138. The third kappa shape index (κ3) is 5.97. The molecule has 0 aromatic heterocycles. The number of hydrogen-bond acceptors (Lipinski definition) is 1. The second-order valence-electron chi connectivity index (χ2n) is 14.1. The van der Waals surface area contributed by atoms with Crippen molar-refractivity contribution in [2.45, 2.75) is 46.0 Å². The lowest BCUT2D eigenvalue weighted by atomic mass is 9.73. The Labute approximate surface area is 309 Å². The van der Waals surface area contributed by atoms with Crippen molar-refractivity contribution < 1.29 is 0 Å². The predicted molar refractivity (Wildman–Crippen MR) is 224 cm³/mol. The molecule has 0 amide bonds. The number of hydrogen-bond donors (Lipinski definition) is 0. The van der Waals surface area contributed by atoms with Crippen molar-refractivity contribution in [1.29, 1.82) is 0 Å². The third-order valence-corrected chi connectivity index (χ3v) is 11.2. The van der Waals surface area contributed by atoms with E-state index < -0.39 is 0 Å². The molecule has 52 heavy (non-hydrogen) atoms. The Morgan fingerprint density at radius 1 is 0.423 bits per heavy atom. The molecule has 0 saturated carbocycles. The Morgan fingerprint density at radius 2 is 0.885 bits per heavy atom. The molecule has 7 aromatic rings.